The van der Waals surface area contributed by atoms with Gasteiger partial charge in [-0.15, -0.1) is 10.2 Å². The van der Waals surface area contributed by atoms with E-state index < -0.39 is 29.9 Å². The fourth-order valence-electron chi connectivity index (χ4n) is 4.23. The molecule has 2 aliphatic heterocycles. The Morgan fingerprint density at radius 1 is 1.03 bits per heavy atom. The summed E-state index contributed by atoms with van der Waals surface area (Å²) in [5.41, 5.74) is 0. The van der Waals surface area contributed by atoms with Crippen LogP contribution < -0.4 is 21.3 Å². The zero-order valence-corrected chi connectivity index (χ0v) is 20.2. The first-order chi connectivity index (χ1) is 16.2. The van der Waals surface area contributed by atoms with Gasteiger partial charge < -0.3 is 25.3 Å². The molecule has 1 aromatic rings. The third-order valence-electron chi connectivity index (χ3n) is 6.05. The highest BCUT2D eigenvalue weighted by Gasteiger charge is 2.36. The average Bonchev–Trinajstić information content (AvgIpc) is 3.46. The first-order valence-corrected chi connectivity index (χ1v) is 11.9. The van der Waals surface area contributed by atoms with Gasteiger partial charge in [-0.05, 0) is 38.5 Å². The van der Waals surface area contributed by atoms with E-state index >= 15 is 0 Å². The van der Waals surface area contributed by atoms with Crippen molar-refractivity contribution < 1.29 is 23.6 Å². The number of carbonyl (C=O) groups is 4. The molecular weight excluding hydrogens is 442 g/mol. The fourth-order valence-corrected chi connectivity index (χ4v) is 4.23. The van der Waals surface area contributed by atoms with Gasteiger partial charge in [0.2, 0.25) is 35.4 Å². The summed E-state index contributed by atoms with van der Waals surface area (Å²) in [6, 6.07) is -2.37. The van der Waals surface area contributed by atoms with Gasteiger partial charge in [-0.25, -0.2) is 0 Å². The highest BCUT2D eigenvalue weighted by atomic mass is 16.4. The first-order valence-electron chi connectivity index (χ1n) is 11.9. The maximum atomic E-state index is 13.1. The van der Waals surface area contributed by atoms with E-state index in [1.165, 1.54) is 0 Å². The lowest BCUT2D eigenvalue weighted by atomic mass is 10.0. The van der Waals surface area contributed by atoms with Gasteiger partial charge in [-0.1, -0.05) is 20.8 Å². The number of rotatable bonds is 3. The van der Waals surface area contributed by atoms with Gasteiger partial charge in [-0.2, -0.15) is 0 Å². The quantitative estimate of drug-likeness (QED) is 0.471. The van der Waals surface area contributed by atoms with Crippen LogP contribution in [0.4, 0.5) is 0 Å². The van der Waals surface area contributed by atoms with Crippen molar-refractivity contribution in [3.05, 3.63) is 11.8 Å². The van der Waals surface area contributed by atoms with Crippen LogP contribution in [0.5, 0.6) is 0 Å². The molecule has 0 radical (unpaired) electrons. The zero-order chi connectivity index (χ0) is 24.8. The van der Waals surface area contributed by atoms with Crippen molar-refractivity contribution >= 4 is 23.6 Å². The van der Waals surface area contributed by atoms with Crippen molar-refractivity contribution in [2.24, 2.45) is 5.92 Å². The van der Waals surface area contributed by atoms with Crippen LogP contribution in [0.25, 0.3) is 0 Å². The van der Waals surface area contributed by atoms with Crippen molar-refractivity contribution in [1.29, 1.82) is 0 Å². The molecule has 188 valence electrons. The highest BCUT2D eigenvalue weighted by molar-refractivity contribution is 5.94. The lowest BCUT2D eigenvalue weighted by Crippen LogP contribution is -2.55. The molecule has 2 bridgehead atoms. The molecule has 34 heavy (non-hydrogen) atoms. The molecule has 12 nitrogen and oxygen atoms in total. The predicted octanol–water partition coefficient (Wildman–Crippen LogP) is -0.0608. The third kappa shape index (κ3) is 6.31. The zero-order valence-electron chi connectivity index (χ0n) is 20.2. The van der Waals surface area contributed by atoms with Gasteiger partial charge in [-0.3, -0.25) is 24.5 Å². The minimum absolute atomic E-state index is 0.00218. The van der Waals surface area contributed by atoms with Crippen molar-refractivity contribution in [3.63, 3.8) is 0 Å². The third-order valence-corrected chi connectivity index (χ3v) is 6.05. The Bertz CT molecular complexity index is 902. The van der Waals surface area contributed by atoms with E-state index in [2.05, 4.69) is 31.5 Å². The minimum atomic E-state index is -0.810. The largest absolute Gasteiger partial charge is 0.421 e. The normalized spacial score (nSPS) is 27.5. The van der Waals surface area contributed by atoms with E-state index in [0.717, 1.165) is 0 Å². The SMILES string of the molecule is CCC1NCC(=O)N2CCC[C@H]2C(=O)N[C@@H](CC(C)C)C(=O)NCC(=O)N[C@@H](C)c2nnc1o2. The van der Waals surface area contributed by atoms with Crippen molar-refractivity contribution in [2.75, 3.05) is 19.6 Å². The summed E-state index contributed by atoms with van der Waals surface area (Å²) < 4.78 is 5.74. The monoisotopic (exact) mass is 477 g/mol. The summed E-state index contributed by atoms with van der Waals surface area (Å²) in [6.07, 6.45) is 2.23. The maximum absolute atomic E-state index is 13.1. The second-order valence-electron chi connectivity index (χ2n) is 9.26. The lowest BCUT2D eigenvalue weighted by Gasteiger charge is -2.27. The number of hydrogen-bond acceptors (Lipinski definition) is 8. The molecule has 4 atom stereocenters. The van der Waals surface area contributed by atoms with E-state index in [-0.39, 0.29) is 42.8 Å². The molecule has 0 aromatic carbocycles. The number of carbonyl (C=O) groups excluding carboxylic acids is 4. The Balaban J connectivity index is 1.85. The number of hydrogen-bond donors (Lipinski definition) is 4. The molecule has 4 N–H and O–H groups in total. The molecule has 0 saturated carbocycles. The molecule has 1 fully saturated rings. The Hall–Kier alpha value is -3.02. The number of amides is 4. The van der Waals surface area contributed by atoms with E-state index in [4.69, 9.17) is 4.42 Å². The van der Waals surface area contributed by atoms with Crippen LogP contribution in [0.15, 0.2) is 4.42 Å². The summed E-state index contributed by atoms with van der Waals surface area (Å²) in [7, 11) is 0. The van der Waals surface area contributed by atoms with Gasteiger partial charge in [0.15, 0.2) is 0 Å². The first kappa shape index (κ1) is 25.6. The Labute approximate surface area is 199 Å². The standard InChI is InChI=1S/C22H35N7O5/c1-5-14-22-28-27-21(34-22)13(4)25-17(30)10-24-19(32)15(9-12(2)3)26-20(33)16-7-6-8-29(16)18(31)11-23-14/h12-16,23H,5-11H2,1-4H3,(H,24,32)(H,25,30)(H,26,33)/t13-,14?,15-,16-/m0/s1. The Morgan fingerprint density at radius 3 is 2.47 bits per heavy atom. The molecule has 4 amide bonds. The highest BCUT2D eigenvalue weighted by Crippen LogP contribution is 2.21. The summed E-state index contributed by atoms with van der Waals surface area (Å²) in [5, 5.41) is 19.3. The molecule has 3 heterocycles. The van der Waals surface area contributed by atoms with Crippen LogP contribution in [0.1, 0.15) is 77.2 Å². The second-order valence-corrected chi connectivity index (χ2v) is 9.26. The smallest absolute Gasteiger partial charge is 0.243 e. The van der Waals surface area contributed by atoms with Crippen LogP contribution >= 0.6 is 0 Å². The molecule has 0 aliphatic carbocycles. The molecule has 0 spiro atoms. The summed E-state index contributed by atoms with van der Waals surface area (Å²) in [5.74, 6) is -0.767. The molecule has 1 aromatic heterocycles. The van der Waals surface area contributed by atoms with E-state index in [1.807, 2.05) is 20.8 Å². The van der Waals surface area contributed by atoms with E-state index in [1.54, 1.807) is 11.8 Å². The van der Waals surface area contributed by atoms with Crippen LogP contribution in [-0.2, 0) is 19.2 Å². The van der Waals surface area contributed by atoms with E-state index in [9.17, 15) is 19.2 Å². The van der Waals surface area contributed by atoms with Gasteiger partial charge >= 0.3 is 0 Å². The number of aromatic nitrogens is 2. The summed E-state index contributed by atoms with van der Waals surface area (Å²) in [6.45, 7) is 7.72. The van der Waals surface area contributed by atoms with Crippen LogP contribution in [0, 0.1) is 5.92 Å². The average molecular weight is 478 g/mol. The Kier molecular flexibility index (Phi) is 8.59. The predicted molar refractivity (Wildman–Crippen MR) is 121 cm³/mol. The molecule has 1 saturated heterocycles. The van der Waals surface area contributed by atoms with Crippen LogP contribution in [0.2, 0.25) is 0 Å². The molecule has 1 unspecified atom stereocenters. The fraction of sp³-hybridized carbons (Fsp3) is 0.727. The van der Waals surface area contributed by atoms with Gasteiger partial charge in [0.1, 0.15) is 18.1 Å². The van der Waals surface area contributed by atoms with Gasteiger partial charge in [0, 0.05) is 6.54 Å². The van der Waals surface area contributed by atoms with E-state index in [0.29, 0.717) is 38.1 Å². The lowest BCUT2D eigenvalue weighted by molar-refractivity contribution is -0.139. The van der Waals surface area contributed by atoms with Crippen molar-refractivity contribution in [3.8, 4) is 0 Å². The van der Waals surface area contributed by atoms with Crippen LogP contribution in [-0.4, -0.2) is 70.4 Å². The number of nitrogens with one attached hydrogen (secondary N) is 4. The Morgan fingerprint density at radius 2 is 1.76 bits per heavy atom. The minimum Gasteiger partial charge on any atom is -0.421 e. The van der Waals surface area contributed by atoms with Gasteiger partial charge in [0.05, 0.1) is 19.1 Å². The molecule has 12 heteroatoms. The van der Waals surface area contributed by atoms with Crippen molar-refractivity contribution in [2.45, 2.75) is 77.5 Å². The summed E-state index contributed by atoms with van der Waals surface area (Å²) >= 11 is 0. The van der Waals surface area contributed by atoms with Crippen LogP contribution in [0.3, 0.4) is 0 Å². The topological polar surface area (TPSA) is 159 Å². The number of nitrogens with zero attached hydrogens (tertiary/aromatic N) is 3. The van der Waals surface area contributed by atoms with Crippen molar-refractivity contribution in [1.82, 2.24) is 36.4 Å². The molecule has 3 rings (SSSR count). The second kappa shape index (κ2) is 11.4. The molecule has 2 aliphatic rings. The maximum Gasteiger partial charge on any atom is 0.243 e. The summed E-state index contributed by atoms with van der Waals surface area (Å²) in [4.78, 5) is 52.8. The molecular formula is C22H35N7O5. The number of fused-ring (bicyclic) bond motifs is 3. The van der Waals surface area contributed by atoms with Gasteiger partial charge in [0.25, 0.3) is 0 Å².